The van der Waals surface area contributed by atoms with E-state index in [0.29, 0.717) is 54.1 Å². The molecule has 0 radical (unpaired) electrons. The number of hydrogen-bond acceptors (Lipinski definition) is 3. The lowest BCUT2D eigenvalue weighted by Gasteiger charge is -2.21. The summed E-state index contributed by atoms with van der Waals surface area (Å²) < 4.78 is 0. The van der Waals surface area contributed by atoms with Crippen molar-refractivity contribution in [1.82, 2.24) is 14.9 Å². The van der Waals surface area contributed by atoms with Gasteiger partial charge in [0.1, 0.15) is 5.82 Å². The van der Waals surface area contributed by atoms with E-state index in [4.69, 9.17) is 11.6 Å². The van der Waals surface area contributed by atoms with Crippen LogP contribution >= 0.6 is 11.6 Å². The average Bonchev–Trinajstić information content (AvgIpc) is 2.66. The van der Waals surface area contributed by atoms with E-state index in [0.717, 1.165) is 5.56 Å². The van der Waals surface area contributed by atoms with Gasteiger partial charge in [-0.25, -0.2) is 4.98 Å². The molecule has 0 saturated carbocycles. The van der Waals surface area contributed by atoms with Crippen LogP contribution in [-0.4, -0.2) is 27.3 Å². The normalized spacial score (nSPS) is 10.9. The molecule has 1 amide bonds. The first-order valence-electron chi connectivity index (χ1n) is 9.07. The van der Waals surface area contributed by atoms with E-state index < -0.39 is 0 Å². The van der Waals surface area contributed by atoms with Gasteiger partial charge in [0, 0.05) is 31.0 Å². The van der Waals surface area contributed by atoms with Crippen LogP contribution in [0.4, 0.5) is 0 Å². The zero-order valence-corrected chi connectivity index (χ0v) is 16.0. The van der Waals surface area contributed by atoms with Crippen molar-refractivity contribution in [3.63, 3.8) is 0 Å². The van der Waals surface area contributed by atoms with Crippen molar-refractivity contribution < 1.29 is 4.79 Å². The quantitative estimate of drug-likeness (QED) is 0.671. The second-order valence-corrected chi connectivity index (χ2v) is 6.86. The van der Waals surface area contributed by atoms with Gasteiger partial charge in [-0.1, -0.05) is 35.9 Å². The number of aromatic amines is 1. The molecular weight excluding hydrogens is 362 g/mol. The molecule has 140 valence electrons. The molecule has 1 aromatic heterocycles. The fraction of sp³-hybridized carbons (Fsp3) is 0.286. The Morgan fingerprint density at radius 2 is 2.00 bits per heavy atom. The minimum absolute atomic E-state index is 0.0839. The van der Waals surface area contributed by atoms with Gasteiger partial charge in [-0.3, -0.25) is 9.59 Å². The maximum atomic E-state index is 12.5. The van der Waals surface area contributed by atoms with Crippen LogP contribution in [0.1, 0.15) is 31.2 Å². The first kappa shape index (κ1) is 19.1. The third kappa shape index (κ3) is 4.95. The van der Waals surface area contributed by atoms with Crippen LogP contribution in [0.2, 0.25) is 5.02 Å². The zero-order valence-electron chi connectivity index (χ0n) is 15.2. The molecule has 0 fully saturated rings. The topological polar surface area (TPSA) is 66.1 Å². The number of H-pyrrole nitrogens is 1. The van der Waals surface area contributed by atoms with Crippen molar-refractivity contribution in [1.29, 1.82) is 0 Å². The highest BCUT2D eigenvalue weighted by Gasteiger charge is 2.13. The zero-order chi connectivity index (χ0) is 19.2. The molecule has 0 aliphatic heterocycles. The number of rotatable bonds is 7. The fourth-order valence-corrected chi connectivity index (χ4v) is 3.26. The number of hydrogen-bond donors (Lipinski definition) is 1. The number of aryl methyl sites for hydroxylation is 1. The van der Waals surface area contributed by atoms with Gasteiger partial charge in [0.2, 0.25) is 5.91 Å². The summed E-state index contributed by atoms with van der Waals surface area (Å²) in [6.45, 7) is 3.14. The summed E-state index contributed by atoms with van der Waals surface area (Å²) >= 11 is 6.02. The number of benzene rings is 2. The van der Waals surface area contributed by atoms with Crippen LogP contribution in [0.5, 0.6) is 0 Å². The van der Waals surface area contributed by atoms with E-state index in [1.54, 1.807) is 6.07 Å². The van der Waals surface area contributed by atoms with E-state index in [1.807, 2.05) is 54.3 Å². The first-order chi connectivity index (χ1) is 13.1. The number of nitrogens with zero attached hydrogens (tertiary/aromatic N) is 2. The van der Waals surface area contributed by atoms with Gasteiger partial charge >= 0.3 is 0 Å². The highest BCUT2D eigenvalue weighted by atomic mass is 35.5. The van der Waals surface area contributed by atoms with Crippen LogP contribution in [0, 0.1) is 0 Å². The summed E-state index contributed by atoms with van der Waals surface area (Å²) in [4.78, 5) is 33.7. The lowest BCUT2D eigenvalue weighted by atomic mass is 10.1. The van der Waals surface area contributed by atoms with Gasteiger partial charge in [0.15, 0.2) is 0 Å². The average molecular weight is 384 g/mol. The van der Waals surface area contributed by atoms with Crippen molar-refractivity contribution in [2.75, 3.05) is 6.54 Å². The summed E-state index contributed by atoms with van der Waals surface area (Å²) in [6.07, 6.45) is 1.59. The van der Waals surface area contributed by atoms with Crippen molar-refractivity contribution in [3.05, 3.63) is 75.3 Å². The van der Waals surface area contributed by atoms with Crippen LogP contribution in [0.3, 0.4) is 0 Å². The van der Waals surface area contributed by atoms with Gasteiger partial charge in [-0.2, -0.15) is 0 Å². The highest BCUT2D eigenvalue weighted by Crippen LogP contribution is 2.14. The van der Waals surface area contributed by atoms with Crippen molar-refractivity contribution in [3.8, 4) is 0 Å². The maximum Gasteiger partial charge on any atom is 0.258 e. The van der Waals surface area contributed by atoms with Crippen molar-refractivity contribution in [2.24, 2.45) is 0 Å². The lowest BCUT2D eigenvalue weighted by Crippen LogP contribution is -2.30. The van der Waals surface area contributed by atoms with Crippen LogP contribution in [-0.2, 0) is 17.8 Å². The summed E-state index contributed by atoms with van der Waals surface area (Å²) in [6, 6.07) is 14.8. The molecule has 0 atom stereocenters. The SMILES string of the molecule is CCN(Cc1cccc(Cl)c1)C(=O)CCCc1nc2ccccc2c(=O)[nH]1. The number of carbonyl (C=O) groups excluding carboxylic acids is 1. The van der Waals surface area contributed by atoms with Crippen LogP contribution < -0.4 is 5.56 Å². The predicted octanol–water partition coefficient (Wildman–Crippen LogP) is 3.95. The molecule has 0 aliphatic rings. The monoisotopic (exact) mass is 383 g/mol. The van der Waals surface area contributed by atoms with Crippen LogP contribution in [0.25, 0.3) is 10.9 Å². The molecule has 1 heterocycles. The third-order valence-corrected chi connectivity index (χ3v) is 4.70. The first-order valence-corrected chi connectivity index (χ1v) is 9.44. The summed E-state index contributed by atoms with van der Waals surface area (Å²) in [5.41, 5.74) is 1.55. The molecule has 1 N–H and O–H groups in total. The summed E-state index contributed by atoms with van der Waals surface area (Å²) in [5, 5.41) is 1.25. The smallest absolute Gasteiger partial charge is 0.258 e. The van der Waals surface area contributed by atoms with Gasteiger partial charge in [-0.05, 0) is 43.2 Å². The summed E-state index contributed by atoms with van der Waals surface area (Å²) in [5.74, 6) is 0.699. The molecule has 6 heteroatoms. The number of halogens is 1. The number of nitrogens with one attached hydrogen (secondary N) is 1. The Kier molecular flexibility index (Phi) is 6.24. The highest BCUT2D eigenvalue weighted by molar-refractivity contribution is 6.30. The van der Waals surface area contributed by atoms with Gasteiger partial charge in [0.05, 0.1) is 10.9 Å². The molecule has 0 saturated heterocycles. The van der Waals surface area contributed by atoms with E-state index in [-0.39, 0.29) is 11.5 Å². The number of amides is 1. The second kappa shape index (κ2) is 8.82. The Balaban J connectivity index is 1.59. The Bertz CT molecular complexity index is 1000. The largest absolute Gasteiger partial charge is 0.339 e. The Morgan fingerprint density at radius 1 is 1.19 bits per heavy atom. The van der Waals surface area contributed by atoms with Gasteiger partial charge in [-0.15, -0.1) is 0 Å². The van der Waals surface area contributed by atoms with E-state index in [9.17, 15) is 9.59 Å². The van der Waals surface area contributed by atoms with E-state index >= 15 is 0 Å². The standard InChI is InChI=1S/C21H22ClN3O2/c1-2-25(14-15-7-5-8-16(22)13-15)20(26)12-6-11-19-23-18-10-4-3-9-17(18)21(27)24-19/h3-5,7-10,13H,2,6,11-12,14H2,1H3,(H,23,24,27). The van der Waals surface area contributed by atoms with Gasteiger partial charge < -0.3 is 9.88 Å². The van der Waals surface area contributed by atoms with Crippen molar-refractivity contribution >= 4 is 28.4 Å². The molecule has 2 aromatic carbocycles. The van der Waals surface area contributed by atoms with E-state index in [1.165, 1.54) is 0 Å². The molecule has 0 unspecified atom stereocenters. The lowest BCUT2D eigenvalue weighted by molar-refractivity contribution is -0.131. The van der Waals surface area contributed by atoms with Crippen LogP contribution in [0.15, 0.2) is 53.3 Å². The number of carbonyl (C=O) groups is 1. The second-order valence-electron chi connectivity index (χ2n) is 6.42. The Hall–Kier alpha value is -2.66. The molecule has 3 rings (SSSR count). The minimum atomic E-state index is -0.141. The fourth-order valence-electron chi connectivity index (χ4n) is 3.05. The number of fused-ring (bicyclic) bond motifs is 1. The predicted molar refractivity (Wildman–Crippen MR) is 108 cm³/mol. The number of para-hydroxylation sites is 1. The molecule has 0 spiro atoms. The minimum Gasteiger partial charge on any atom is -0.339 e. The molecule has 0 aliphatic carbocycles. The molecular formula is C21H22ClN3O2. The molecule has 3 aromatic rings. The maximum absolute atomic E-state index is 12.5. The Morgan fingerprint density at radius 3 is 2.78 bits per heavy atom. The Labute approximate surface area is 163 Å². The van der Waals surface area contributed by atoms with Gasteiger partial charge in [0.25, 0.3) is 5.56 Å². The number of aromatic nitrogens is 2. The molecule has 0 bridgehead atoms. The summed E-state index contributed by atoms with van der Waals surface area (Å²) in [7, 11) is 0. The third-order valence-electron chi connectivity index (χ3n) is 4.46. The van der Waals surface area contributed by atoms with E-state index in [2.05, 4.69) is 9.97 Å². The molecule has 5 nitrogen and oxygen atoms in total. The molecule has 27 heavy (non-hydrogen) atoms. The van der Waals surface area contributed by atoms with Crippen molar-refractivity contribution in [2.45, 2.75) is 32.7 Å².